The third-order valence-electron chi connectivity index (χ3n) is 4.25. The second-order valence-electron chi connectivity index (χ2n) is 6.41. The van der Waals surface area contributed by atoms with Gasteiger partial charge in [0.05, 0.1) is 18.4 Å². The molecule has 1 aromatic rings. The molecule has 0 N–H and O–H groups in total. The summed E-state index contributed by atoms with van der Waals surface area (Å²) in [4.78, 5) is 24.4. The van der Waals surface area contributed by atoms with E-state index >= 15 is 0 Å². The van der Waals surface area contributed by atoms with Crippen LogP contribution in [0.5, 0.6) is 0 Å². The van der Waals surface area contributed by atoms with Crippen LogP contribution in [0, 0.1) is 17.3 Å². The number of Topliss-reactive ketones (excluding diaryl/α,β-unsaturated/α-hetero) is 1. The van der Waals surface area contributed by atoms with Gasteiger partial charge in [0.2, 0.25) is 0 Å². The summed E-state index contributed by atoms with van der Waals surface area (Å²) in [5.74, 6) is -0.758. The normalized spacial score (nSPS) is 26.5. The van der Waals surface area contributed by atoms with Crippen LogP contribution in [-0.4, -0.2) is 16.6 Å². The Balaban J connectivity index is 2.38. The van der Waals surface area contributed by atoms with Crippen LogP contribution >= 0.6 is 15.9 Å². The molecule has 1 fully saturated rings. The molecule has 1 aromatic heterocycles. The van der Waals surface area contributed by atoms with Crippen LogP contribution in [0.1, 0.15) is 38.9 Å². The Hall–Kier alpha value is -1.36. The van der Waals surface area contributed by atoms with E-state index in [1.54, 1.807) is 19.1 Å². The molecule has 0 spiro atoms. The maximum Gasteiger partial charge on any atom is 0.320 e. The highest BCUT2D eigenvalue weighted by Crippen LogP contribution is 2.49. The molecule has 22 heavy (non-hydrogen) atoms. The molecule has 1 aliphatic carbocycles. The van der Waals surface area contributed by atoms with Gasteiger partial charge in [-0.1, -0.05) is 35.9 Å². The Bertz CT molecular complexity index is 559. The SMILES string of the molecule is C=C[C@@H]1CC(C)(C)C(=O)[C@H]1[C@@H](OC(=O)C(C)Br)c1ccoc1. The van der Waals surface area contributed by atoms with Crippen molar-refractivity contribution in [3.63, 3.8) is 0 Å². The predicted molar refractivity (Wildman–Crippen MR) is 86.5 cm³/mol. The molecule has 1 aliphatic rings. The number of carbonyl (C=O) groups is 2. The number of hydrogen-bond donors (Lipinski definition) is 0. The number of esters is 1. The largest absolute Gasteiger partial charge is 0.472 e. The third kappa shape index (κ3) is 3.19. The van der Waals surface area contributed by atoms with Crippen LogP contribution in [0.25, 0.3) is 0 Å². The fraction of sp³-hybridized carbons (Fsp3) is 0.529. The minimum absolute atomic E-state index is 0.0270. The molecule has 1 heterocycles. The van der Waals surface area contributed by atoms with Gasteiger partial charge in [-0.2, -0.15) is 0 Å². The van der Waals surface area contributed by atoms with Crippen LogP contribution in [0.2, 0.25) is 0 Å². The summed E-state index contributed by atoms with van der Waals surface area (Å²) in [6, 6.07) is 1.73. The van der Waals surface area contributed by atoms with Gasteiger partial charge in [-0.3, -0.25) is 9.59 Å². The topological polar surface area (TPSA) is 56.5 Å². The lowest BCUT2D eigenvalue weighted by molar-refractivity contribution is -0.154. The lowest BCUT2D eigenvalue weighted by atomic mass is 9.85. The number of furan rings is 1. The van der Waals surface area contributed by atoms with Crippen LogP contribution in [0.15, 0.2) is 35.7 Å². The minimum atomic E-state index is -0.650. The van der Waals surface area contributed by atoms with E-state index < -0.39 is 28.2 Å². The van der Waals surface area contributed by atoms with Crippen LogP contribution in [0.4, 0.5) is 0 Å². The summed E-state index contributed by atoms with van der Waals surface area (Å²) in [6.45, 7) is 9.39. The summed E-state index contributed by atoms with van der Waals surface area (Å²) in [7, 11) is 0. The second-order valence-corrected chi connectivity index (χ2v) is 7.78. The van der Waals surface area contributed by atoms with E-state index in [1.165, 1.54) is 12.5 Å². The molecule has 2 rings (SSSR count). The van der Waals surface area contributed by atoms with E-state index in [0.29, 0.717) is 12.0 Å². The van der Waals surface area contributed by atoms with Gasteiger partial charge in [0.1, 0.15) is 16.7 Å². The lowest BCUT2D eigenvalue weighted by Gasteiger charge is -2.26. The van der Waals surface area contributed by atoms with E-state index in [9.17, 15) is 9.59 Å². The minimum Gasteiger partial charge on any atom is -0.472 e. The monoisotopic (exact) mass is 368 g/mol. The zero-order chi connectivity index (χ0) is 16.5. The van der Waals surface area contributed by atoms with Gasteiger partial charge in [-0.05, 0) is 25.3 Å². The van der Waals surface area contributed by atoms with Crippen molar-refractivity contribution in [2.45, 2.75) is 38.1 Å². The smallest absolute Gasteiger partial charge is 0.320 e. The lowest BCUT2D eigenvalue weighted by Crippen LogP contribution is -2.31. The summed E-state index contributed by atoms with van der Waals surface area (Å²) < 4.78 is 10.7. The van der Waals surface area contributed by atoms with Gasteiger partial charge in [-0.25, -0.2) is 0 Å². The van der Waals surface area contributed by atoms with E-state index in [2.05, 4.69) is 22.5 Å². The standard InChI is InChI=1S/C17H21BrO4/c1-5-11-8-17(3,4)15(19)13(11)14(12-6-7-21-9-12)22-16(20)10(2)18/h5-7,9-11,13-14H,1,8H2,2-4H3/t10?,11-,13-,14+/m1/s1. The zero-order valence-corrected chi connectivity index (χ0v) is 14.6. The summed E-state index contributed by atoms with van der Waals surface area (Å²) in [5.41, 5.74) is 0.252. The highest BCUT2D eigenvalue weighted by Gasteiger charge is 2.51. The van der Waals surface area contributed by atoms with Crippen molar-refractivity contribution in [1.82, 2.24) is 0 Å². The Morgan fingerprint density at radius 3 is 2.77 bits per heavy atom. The van der Waals surface area contributed by atoms with Gasteiger partial charge >= 0.3 is 5.97 Å². The average molecular weight is 369 g/mol. The highest BCUT2D eigenvalue weighted by molar-refractivity contribution is 9.10. The first-order valence-corrected chi connectivity index (χ1v) is 8.23. The predicted octanol–water partition coefficient (Wildman–Crippen LogP) is 4.06. The molecule has 4 atom stereocenters. The first-order valence-electron chi connectivity index (χ1n) is 7.31. The van der Waals surface area contributed by atoms with Gasteiger partial charge in [0, 0.05) is 11.0 Å². The van der Waals surface area contributed by atoms with Gasteiger partial charge in [-0.15, -0.1) is 6.58 Å². The average Bonchev–Trinajstić information content (AvgIpc) is 3.04. The number of halogens is 1. The maximum absolute atomic E-state index is 12.8. The molecule has 1 saturated carbocycles. The van der Waals surface area contributed by atoms with Crippen molar-refractivity contribution in [2.75, 3.05) is 0 Å². The van der Waals surface area contributed by atoms with E-state index in [1.807, 2.05) is 13.8 Å². The number of rotatable bonds is 5. The molecule has 120 valence electrons. The van der Waals surface area contributed by atoms with Crippen molar-refractivity contribution < 1.29 is 18.7 Å². The summed E-state index contributed by atoms with van der Waals surface area (Å²) in [6.07, 6.45) is 4.88. The maximum atomic E-state index is 12.8. The number of alkyl halides is 1. The molecule has 0 radical (unpaired) electrons. The molecule has 0 aliphatic heterocycles. The van der Waals surface area contributed by atoms with Crippen LogP contribution in [-0.2, 0) is 14.3 Å². The molecule has 0 bridgehead atoms. The van der Waals surface area contributed by atoms with Gasteiger partial charge in [0.25, 0.3) is 0 Å². The van der Waals surface area contributed by atoms with Crippen molar-refractivity contribution in [1.29, 1.82) is 0 Å². The van der Waals surface area contributed by atoms with Gasteiger partial charge in [0.15, 0.2) is 0 Å². The molecule has 1 unspecified atom stereocenters. The number of allylic oxidation sites excluding steroid dienone is 1. The van der Waals surface area contributed by atoms with E-state index in [0.717, 1.165) is 0 Å². The number of ketones is 1. The van der Waals surface area contributed by atoms with E-state index in [4.69, 9.17) is 9.15 Å². The number of hydrogen-bond acceptors (Lipinski definition) is 4. The molecule has 0 amide bonds. The van der Waals surface area contributed by atoms with Crippen LogP contribution in [0.3, 0.4) is 0 Å². The van der Waals surface area contributed by atoms with Crippen LogP contribution < -0.4 is 0 Å². The molecule has 5 heteroatoms. The first kappa shape index (κ1) is 17.0. The third-order valence-corrected chi connectivity index (χ3v) is 4.62. The molecule has 4 nitrogen and oxygen atoms in total. The number of ether oxygens (including phenoxy) is 1. The summed E-state index contributed by atoms with van der Waals surface area (Å²) >= 11 is 3.21. The Morgan fingerprint density at radius 1 is 1.59 bits per heavy atom. The quantitative estimate of drug-likeness (QED) is 0.446. The van der Waals surface area contributed by atoms with Crippen molar-refractivity contribution in [3.05, 3.63) is 36.8 Å². The summed E-state index contributed by atoms with van der Waals surface area (Å²) in [5, 5.41) is 0. The Kier molecular flexibility index (Phi) is 4.95. The highest BCUT2D eigenvalue weighted by atomic mass is 79.9. The second kappa shape index (κ2) is 6.41. The number of carbonyl (C=O) groups excluding carboxylic acids is 2. The molecular weight excluding hydrogens is 348 g/mol. The molecular formula is C17H21BrO4. The van der Waals surface area contributed by atoms with Crippen molar-refractivity contribution >= 4 is 27.7 Å². The molecule has 0 saturated heterocycles. The fourth-order valence-electron chi connectivity index (χ4n) is 3.06. The van der Waals surface area contributed by atoms with Crippen molar-refractivity contribution in [2.24, 2.45) is 17.3 Å². The van der Waals surface area contributed by atoms with E-state index in [-0.39, 0.29) is 11.7 Å². The zero-order valence-electron chi connectivity index (χ0n) is 13.0. The first-order chi connectivity index (χ1) is 10.3. The molecule has 0 aromatic carbocycles. The van der Waals surface area contributed by atoms with Crippen molar-refractivity contribution in [3.8, 4) is 0 Å². The Morgan fingerprint density at radius 2 is 2.27 bits per heavy atom. The Labute approximate surface area is 139 Å². The van der Waals surface area contributed by atoms with Gasteiger partial charge < -0.3 is 9.15 Å². The fourth-order valence-corrected chi connectivity index (χ4v) is 3.17.